The lowest BCUT2D eigenvalue weighted by molar-refractivity contribution is -0.384. The molecule has 1 aromatic carbocycles. The maximum atomic E-state index is 12.0. The van der Waals surface area contributed by atoms with Gasteiger partial charge in [0, 0.05) is 17.7 Å². The predicted molar refractivity (Wildman–Crippen MR) is 90.2 cm³/mol. The van der Waals surface area contributed by atoms with Crippen molar-refractivity contribution in [2.75, 3.05) is 5.32 Å². The first kappa shape index (κ1) is 19.4. The number of aliphatic carboxylic acids is 1. The first-order valence-corrected chi connectivity index (χ1v) is 7.70. The van der Waals surface area contributed by atoms with Crippen molar-refractivity contribution in [3.63, 3.8) is 0 Å². The van der Waals surface area contributed by atoms with Gasteiger partial charge in [-0.15, -0.1) is 0 Å². The topological polar surface area (TPSA) is 122 Å². The minimum atomic E-state index is -1.08. The first-order valence-electron chi connectivity index (χ1n) is 7.70. The Labute approximate surface area is 140 Å². The number of carboxylic acid groups (broad SMARTS) is 1. The van der Waals surface area contributed by atoms with Gasteiger partial charge in [0.05, 0.1) is 4.92 Å². The van der Waals surface area contributed by atoms with E-state index < -0.39 is 22.8 Å². The average Bonchev–Trinajstić information content (AvgIpc) is 2.45. The quantitative estimate of drug-likeness (QED) is 0.495. The molecule has 0 fully saturated rings. The summed E-state index contributed by atoms with van der Waals surface area (Å²) in [7, 11) is 0. The van der Waals surface area contributed by atoms with Gasteiger partial charge < -0.3 is 15.7 Å². The second-order valence-corrected chi connectivity index (χ2v) is 6.28. The van der Waals surface area contributed by atoms with Gasteiger partial charge in [-0.1, -0.05) is 13.8 Å². The summed E-state index contributed by atoms with van der Waals surface area (Å²) in [6.45, 7) is 7.30. The monoisotopic (exact) mass is 337 g/mol. The Hall–Kier alpha value is -2.64. The molecular formula is C16H23N3O5. The summed E-state index contributed by atoms with van der Waals surface area (Å²) < 4.78 is 0. The third-order valence-corrected chi connectivity index (χ3v) is 3.21. The van der Waals surface area contributed by atoms with Crippen molar-refractivity contribution in [1.29, 1.82) is 0 Å². The lowest BCUT2D eigenvalue weighted by atomic mass is 10.0. The van der Waals surface area contributed by atoms with E-state index in [1.807, 2.05) is 13.8 Å². The van der Waals surface area contributed by atoms with Gasteiger partial charge in [-0.3, -0.25) is 14.9 Å². The van der Waals surface area contributed by atoms with Gasteiger partial charge in [-0.25, -0.2) is 4.79 Å². The van der Waals surface area contributed by atoms with Crippen molar-refractivity contribution in [3.8, 4) is 0 Å². The standard InChI is InChI=1S/C16H23N3O5/c1-9(2)7-13(16(21)22)18-12-6-5-11(8-14(12)19(23)24)15(20)17-10(3)4/h5-6,8-10,13,18H,7H2,1-4H3,(H,17,20)(H,21,22)/t13-/m1/s1. The molecule has 0 heterocycles. The summed E-state index contributed by atoms with van der Waals surface area (Å²) in [5, 5.41) is 25.9. The molecule has 8 heteroatoms. The Morgan fingerprint density at radius 2 is 1.88 bits per heavy atom. The highest BCUT2D eigenvalue weighted by Gasteiger charge is 2.24. The Morgan fingerprint density at radius 3 is 2.33 bits per heavy atom. The van der Waals surface area contributed by atoms with Gasteiger partial charge in [-0.2, -0.15) is 0 Å². The Bertz CT molecular complexity index is 628. The molecule has 1 amide bonds. The number of benzene rings is 1. The number of carbonyl (C=O) groups excluding carboxylic acids is 1. The van der Waals surface area contributed by atoms with E-state index in [0.717, 1.165) is 6.07 Å². The van der Waals surface area contributed by atoms with E-state index in [9.17, 15) is 24.8 Å². The molecule has 0 radical (unpaired) electrons. The molecule has 8 nitrogen and oxygen atoms in total. The van der Waals surface area contributed by atoms with Crippen LogP contribution in [0.5, 0.6) is 0 Å². The molecule has 0 unspecified atom stereocenters. The lowest BCUT2D eigenvalue weighted by Crippen LogP contribution is -2.31. The van der Waals surface area contributed by atoms with Crippen molar-refractivity contribution < 1.29 is 19.6 Å². The summed E-state index contributed by atoms with van der Waals surface area (Å²) in [6, 6.07) is 2.90. The molecule has 0 aliphatic rings. The van der Waals surface area contributed by atoms with E-state index in [0.29, 0.717) is 6.42 Å². The van der Waals surface area contributed by atoms with Crippen LogP contribution in [0, 0.1) is 16.0 Å². The SMILES string of the molecule is CC(C)C[C@@H](Nc1ccc(C(=O)NC(C)C)cc1[N+](=O)[O-])C(=O)O. The fourth-order valence-corrected chi connectivity index (χ4v) is 2.17. The van der Waals surface area contributed by atoms with E-state index in [1.54, 1.807) is 13.8 Å². The van der Waals surface area contributed by atoms with E-state index in [2.05, 4.69) is 10.6 Å². The smallest absolute Gasteiger partial charge is 0.326 e. The zero-order valence-corrected chi connectivity index (χ0v) is 14.2. The summed E-state index contributed by atoms with van der Waals surface area (Å²) in [5.74, 6) is -1.40. The maximum Gasteiger partial charge on any atom is 0.326 e. The molecule has 0 aliphatic carbocycles. The summed E-state index contributed by atoms with van der Waals surface area (Å²) in [5.41, 5.74) is -0.104. The molecule has 1 rings (SSSR count). The number of nitrogens with one attached hydrogen (secondary N) is 2. The highest BCUT2D eigenvalue weighted by molar-refractivity contribution is 5.96. The molecule has 0 saturated heterocycles. The van der Waals surface area contributed by atoms with Gasteiger partial charge in [-0.05, 0) is 38.3 Å². The fraction of sp³-hybridized carbons (Fsp3) is 0.500. The number of nitrogens with zero attached hydrogens (tertiary/aromatic N) is 1. The van der Waals surface area contributed by atoms with Crippen LogP contribution in [0.2, 0.25) is 0 Å². The maximum absolute atomic E-state index is 12.0. The average molecular weight is 337 g/mol. The van der Waals surface area contributed by atoms with Crippen molar-refractivity contribution in [1.82, 2.24) is 5.32 Å². The normalized spacial score (nSPS) is 12.1. The second kappa shape index (κ2) is 8.28. The molecule has 0 spiro atoms. The third-order valence-electron chi connectivity index (χ3n) is 3.21. The Morgan fingerprint density at radius 1 is 1.25 bits per heavy atom. The van der Waals surface area contributed by atoms with Crippen LogP contribution >= 0.6 is 0 Å². The zero-order valence-electron chi connectivity index (χ0n) is 14.2. The number of hydrogen-bond acceptors (Lipinski definition) is 5. The summed E-state index contributed by atoms with van der Waals surface area (Å²) in [4.78, 5) is 33.9. The molecule has 132 valence electrons. The number of rotatable bonds is 8. The number of hydrogen-bond donors (Lipinski definition) is 3. The van der Waals surface area contributed by atoms with Crippen molar-refractivity contribution in [2.45, 2.75) is 46.2 Å². The van der Waals surface area contributed by atoms with Gasteiger partial charge in [0.15, 0.2) is 0 Å². The van der Waals surface area contributed by atoms with Crippen molar-refractivity contribution >= 4 is 23.3 Å². The first-order chi connectivity index (χ1) is 11.1. The van der Waals surface area contributed by atoms with Gasteiger partial charge in [0.25, 0.3) is 11.6 Å². The van der Waals surface area contributed by atoms with Crippen LogP contribution in [0.3, 0.4) is 0 Å². The second-order valence-electron chi connectivity index (χ2n) is 6.28. The number of nitro benzene ring substituents is 1. The van der Waals surface area contributed by atoms with Crippen LogP contribution in [0.25, 0.3) is 0 Å². The molecule has 24 heavy (non-hydrogen) atoms. The van der Waals surface area contributed by atoms with Crippen molar-refractivity contribution in [3.05, 3.63) is 33.9 Å². The molecule has 1 aromatic rings. The Kier molecular flexibility index (Phi) is 6.69. The number of amides is 1. The molecule has 3 N–H and O–H groups in total. The molecule has 0 bridgehead atoms. The van der Waals surface area contributed by atoms with Crippen LogP contribution in [0.4, 0.5) is 11.4 Å². The predicted octanol–water partition coefficient (Wildman–Crippen LogP) is 2.64. The number of carbonyl (C=O) groups is 2. The van der Waals surface area contributed by atoms with Crippen molar-refractivity contribution in [2.24, 2.45) is 5.92 Å². The van der Waals surface area contributed by atoms with Crippen LogP contribution in [0.15, 0.2) is 18.2 Å². The summed E-state index contributed by atoms with van der Waals surface area (Å²) >= 11 is 0. The van der Waals surface area contributed by atoms with Gasteiger partial charge in [0.1, 0.15) is 11.7 Å². The van der Waals surface area contributed by atoms with E-state index >= 15 is 0 Å². The zero-order chi connectivity index (χ0) is 18.4. The fourth-order valence-electron chi connectivity index (χ4n) is 2.17. The van der Waals surface area contributed by atoms with Crippen LogP contribution in [-0.2, 0) is 4.79 Å². The van der Waals surface area contributed by atoms with Crippen LogP contribution in [-0.4, -0.2) is 34.0 Å². The lowest BCUT2D eigenvalue weighted by Gasteiger charge is -2.18. The summed E-state index contributed by atoms with van der Waals surface area (Å²) in [6.07, 6.45) is 0.322. The molecular weight excluding hydrogens is 314 g/mol. The Balaban J connectivity index is 3.13. The molecule has 1 atom stereocenters. The molecule has 0 aliphatic heterocycles. The third kappa shape index (κ3) is 5.53. The van der Waals surface area contributed by atoms with Crippen LogP contribution < -0.4 is 10.6 Å². The van der Waals surface area contributed by atoms with Gasteiger partial charge >= 0.3 is 5.97 Å². The number of nitro groups is 1. The largest absolute Gasteiger partial charge is 0.480 e. The minimum Gasteiger partial charge on any atom is -0.480 e. The van der Waals surface area contributed by atoms with E-state index in [4.69, 9.17) is 0 Å². The highest BCUT2D eigenvalue weighted by atomic mass is 16.6. The minimum absolute atomic E-state index is 0.0779. The number of anilines is 1. The van der Waals surface area contributed by atoms with Gasteiger partial charge in [0.2, 0.25) is 0 Å². The number of carboxylic acids is 1. The van der Waals surface area contributed by atoms with Crippen LogP contribution in [0.1, 0.15) is 44.5 Å². The molecule has 0 aromatic heterocycles. The van der Waals surface area contributed by atoms with E-state index in [-0.39, 0.29) is 28.9 Å². The highest BCUT2D eigenvalue weighted by Crippen LogP contribution is 2.27. The van der Waals surface area contributed by atoms with E-state index in [1.165, 1.54) is 12.1 Å². The molecule has 0 saturated carbocycles.